The predicted octanol–water partition coefficient (Wildman–Crippen LogP) is 3.41. The summed E-state index contributed by atoms with van der Waals surface area (Å²) in [5, 5.41) is 11.3. The molecule has 1 aliphatic rings. The number of benzene rings is 2. The number of carbonyl (C=O) groups is 2. The Morgan fingerprint density at radius 1 is 1.00 bits per heavy atom. The van der Waals surface area contributed by atoms with Crippen LogP contribution in [0.1, 0.15) is 32.2 Å². The van der Waals surface area contributed by atoms with Crippen LogP contribution < -0.4 is 0 Å². The molecule has 0 N–H and O–H groups in total. The van der Waals surface area contributed by atoms with Crippen molar-refractivity contribution in [3.05, 3.63) is 74.3 Å². The number of rotatable bonds is 2. The van der Waals surface area contributed by atoms with Gasteiger partial charge >= 0.3 is 0 Å². The van der Waals surface area contributed by atoms with E-state index < -0.39 is 22.4 Å². The molecule has 6 heteroatoms. The molecule has 0 aromatic heterocycles. The van der Waals surface area contributed by atoms with Crippen molar-refractivity contribution in [2.75, 3.05) is 0 Å². The van der Waals surface area contributed by atoms with Gasteiger partial charge in [-0.15, -0.1) is 0 Å². The van der Waals surface area contributed by atoms with Crippen molar-refractivity contribution >= 4 is 28.9 Å². The second-order valence-corrected chi connectivity index (χ2v) is 5.10. The van der Waals surface area contributed by atoms with Gasteiger partial charge in [0, 0.05) is 27.8 Å². The van der Waals surface area contributed by atoms with E-state index in [1.807, 2.05) is 0 Å². The summed E-state index contributed by atoms with van der Waals surface area (Å²) in [4.78, 5) is 35.3. The van der Waals surface area contributed by atoms with Gasteiger partial charge in [0.2, 0.25) is 0 Å². The molecule has 2 aromatic carbocycles. The molecule has 3 rings (SSSR count). The van der Waals surface area contributed by atoms with Crippen molar-refractivity contribution in [2.45, 2.75) is 5.92 Å². The van der Waals surface area contributed by atoms with E-state index in [1.165, 1.54) is 12.1 Å². The molecular formula is C15H8ClNO4. The van der Waals surface area contributed by atoms with E-state index in [9.17, 15) is 19.7 Å². The van der Waals surface area contributed by atoms with Gasteiger partial charge in [0.05, 0.1) is 4.92 Å². The number of nitro benzene ring substituents is 1. The molecule has 0 saturated carbocycles. The molecule has 0 aliphatic heterocycles. The molecule has 0 fully saturated rings. The third kappa shape index (κ3) is 2.02. The second kappa shape index (κ2) is 4.79. The standard InChI is InChI=1S/C15H8ClNO4/c16-8-5-6-11(12(7-8)17(20)21)13-14(18)9-3-1-2-4-10(9)15(13)19/h1-7,13H. The summed E-state index contributed by atoms with van der Waals surface area (Å²) >= 11 is 5.76. The van der Waals surface area contributed by atoms with E-state index in [4.69, 9.17) is 11.6 Å². The quantitative estimate of drug-likeness (QED) is 0.484. The summed E-state index contributed by atoms with van der Waals surface area (Å²) in [6.07, 6.45) is 0. The van der Waals surface area contributed by atoms with Gasteiger partial charge in [0.15, 0.2) is 11.6 Å². The summed E-state index contributed by atoms with van der Waals surface area (Å²) < 4.78 is 0. The van der Waals surface area contributed by atoms with Crippen LogP contribution in [-0.4, -0.2) is 16.5 Å². The molecule has 104 valence electrons. The molecule has 0 saturated heterocycles. The fraction of sp³-hybridized carbons (Fsp3) is 0.0667. The van der Waals surface area contributed by atoms with E-state index in [-0.39, 0.29) is 16.3 Å². The SMILES string of the molecule is O=C1c2ccccc2C(=O)C1c1ccc(Cl)cc1[N+](=O)[O-]. The van der Waals surface area contributed by atoms with Gasteiger partial charge in [0.1, 0.15) is 5.92 Å². The summed E-state index contributed by atoms with van der Waals surface area (Å²) in [5.41, 5.74) is 0.367. The highest BCUT2D eigenvalue weighted by Crippen LogP contribution is 2.38. The molecule has 0 bridgehead atoms. The minimum atomic E-state index is -1.17. The van der Waals surface area contributed by atoms with Crippen LogP contribution in [0.2, 0.25) is 5.02 Å². The van der Waals surface area contributed by atoms with Crippen LogP contribution in [0.5, 0.6) is 0 Å². The summed E-state index contributed by atoms with van der Waals surface area (Å²) in [7, 11) is 0. The zero-order valence-electron chi connectivity index (χ0n) is 10.6. The van der Waals surface area contributed by atoms with Crippen molar-refractivity contribution < 1.29 is 14.5 Å². The van der Waals surface area contributed by atoms with Crippen molar-refractivity contribution in [2.24, 2.45) is 0 Å². The predicted molar refractivity (Wildman–Crippen MR) is 76.0 cm³/mol. The smallest absolute Gasteiger partial charge is 0.275 e. The van der Waals surface area contributed by atoms with Gasteiger partial charge in [-0.3, -0.25) is 19.7 Å². The van der Waals surface area contributed by atoms with E-state index >= 15 is 0 Å². The van der Waals surface area contributed by atoms with Gasteiger partial charge in [-0.05, 0) is 12.1 Å². The first-order valence-corrected chi connectivity index (χ1v) is 6.50. The molecule has 2 aromatic rings. The van der Waals surface area contributed by atoms with Crippen LogP contribution in [0.3, 0.4) is 0 Å². The molecule has 21 heavy (non-hydrogen) atoms. The number of hydrogen-bond acceptors (Lipinski definition) is 4. The maximum Gasteiger partial charge on any atom is 0.275 e. The molecular weight excluding hydrogens is 294 g/mol. The van der Waals surface area contributed by atoms with Gasteiger partial charge in [-0.25, -0.2) is 0 Å². The number of hydrogen-bond donors (Lipinski definition) is 0. The molecule has 0 heterocycles. The monoisotopic (exact) mass is 301 g/mol. The lowest BCUT2D eigenvalue weighted by atomic mass is 9.93. The van der Waals surface area contributed by atoms with Gasteiger partial charge in [0.25, 0.3) is 5.69 Å². The Balaban J connectivity index is 2.18. The average molecular weight is 302 g/mol. The Hall–Kier alpha value is -2.53. The number of halogens is 1. The average Bonchev–Trinajstić information content (AvgIpc) is 2.72. The topological polar surface area (TPSA) is 77.3 Å². The van der Waals surface area contributed by atoms with E-state index in [0.29, 0.717) is 11.1 Å². The Labute approximate surface area is 124 Å². The lowest BCUT2D eigenvalue weighted by Crippen LogP contribution is -2.14. The number of nitro groups is 1. The first kappa shape index (κ1) is 13.5. The third-order valence-corrected chi connectivity index (χ3v) is 3.72. The minimum Gasteiger partial charge on any atom is -0.293 e. The summed E-state index contributed by atoms with van der Waals surface area (Å²) in [6, 6.07) is 10.4. The maximum atomic E-state index is 12.4. The van der Waals surface area contributed by atoms with Crippen molar-refractivity contribution in [3.8, 4) is 0 Å². The molecule has 1 aliphatic carbocycles. The fourth-order valence-corrected chi connectivity index (χ4v) is 2.71. The zero-order chi connectivity index (χ0) is 15.1. The summed E-state index contributed by atoms with van der Waals surface area (Å²) in [6.45, 7) is 0. The first-order valence-electron chi connectivity index (χ1n) is 6.12. The van der Waals surface area contributed by atoms with Gasteiger partial charge in [-0.2, -0.15) is 0 Å². The number of ketones is 2. The normalized spacial score (nSPS) is 14.3. The third-order valence-electron chi connectivity index (χ3n) is 3.48. The molecule has 0 spiro atoms. The highest BCUT2D eigenvalue weighted by atomic mass is 35.5. The zero-order valence-corrected chi connectivity index (χ0v) is 11.3. The molecule has 0 atom stereocenters. The number of nitrogens with zero attached hydrogens (tertiary/aromatic N) is 1. The van der Waals surface area contributed by atoms with Crippen molar-refractivity contribution in [3.63, 3.8) is 0 Å². The number of carbonyl (C=O) groups excluding carboxylic acids is 2. The Bertz CT molecular complexity index is 765. The Morgan fingerprint density at radius 2 is 1.57 bits per heavy atom. The van der Waals surface area contributed by atoms with Crippen LogP contribution >= 0.6 is 11.6 Å². The van der Waals surface area contributed by atoms with Crippen LogP contribution in [0, 0.1) is 10.1 Å². The maximum absolute atomic E-state index is 12.4. The highest BCUT2D eigenvalue weighted by Gasteiger charge is 2.42. The lowest BCUT2D eigenvalue weighted by Gasteiger charge is -2.08. The van der Waals surface area contributed by atoms with Crippen LogP contribution in [0.4, 0.5) is 5.69 Å². The van der Waals surface area contributed by atoms with Crippen LogP contribution in [0.15, 0.2) is 42.5 Å². The van der Waals surface area contributed by atoms with Gasteiger partial charge in [-0.1, -0.05) is 35.9 Å². The van der Waals surface area contributed by atoms with Crippen molar-refractivity contribution in [1.29, 1.82) is 0 Å². The van der Waals surface area contributed by atoms with Crippen molar-refractivity contribution in [1.82, 2.24) is 0 Å². The lowest BCUT2D eigenvalue weighted by molar-refractivity contribution is -0.385. The number of fused-ring (bicyclic) bond motifs is 1. The number of Topliss-reactive ketones (excluding diaryl/α,β-unsaturated/α-hetero) is 2. The molecule has 5 nitrogen and oxygen atoms in total. The molecule has 0 unspecified atom stereocenters. The Morgan fingerprint density at radius 3 is 2.10 bits per heavy atom. The van der Waals surface area contributed by atoms with E-state index in [2.05, 4.69) is 0 Å². The summed E-state index contributed by atoms with van der Waals surface area (Å²) in [5.74, 6) is -2.00. The highest BCUT2D eigenvalue weighted by molar-refractivity contribution is 6.31. The van der Waals surface area contributed by atoms with Gasteiger partial charge < -0.3 is 0 Å². The van der Waals surface area contributed by atoms with Crippen LogP contribution in [0.25, 0.3) is 0 Å². The van der Waals surface area contributed by atoms with E-state index in [1.54, 1.807) is 24.3 Å². The first-order chi connectivity index (χ1) is 10.0. The minimum absolute atomic E-state index is 0.0793. The van der Waals surface area contributed by atoms with Crippen LogP contribution in [-0.2, 0) is 0 Å². The van der Waals surface area contributed by atoms with E-state index in [0.717, 1.165) is 6.07 Å². The second-order valence-electron chi connectivity index (χ2n) is 4.67. The fourth-order valence-electron chi connectivity index (χ4n) is 2.54. The molecule has 0 radical (unpaired) electrons. The Kier molecular flexibility index (Phi) is 3.07. The largest absolute Gasteiger partial charge is 0.293 e. The molecule has 0 amide bonds.